The van der Waals surface area contributed by atoms with Gasteiger partial charge in [0.25, 0.3) is 23.8 Å². The van der Waals surface area contributed by atoms with Crippen LogP contribution in [0.1, 0.15) is 87.2 Å². The van der Waals surface area contributed by atoms with Gasteiger partial charge in [0.1, 0.15) is 27.4 Å². The van der Waals surface area contributed by atoms with E-state index in [0.717, 1.165) is 91.1 Å². The van der Waals surface area contributed by atoms with Crippen molar-refractivity contribution in [1.29, 1.82) is 5.41 Å². The summed E-state index contributed by atoms with van der Waals surface area (Å²) in [6, 6.07) is 8.78. The van der Waals surface area contributed by atoms with Crippen LogP contribution in [0.15, 0.2) is 71.8 Å². The van der Waals surface area contributed by atoms with E-state index in [9.17, 15) is 9.59 Å². The standard InChI is InChI=1S/C23H27N7O3S.C20H24BrN5O3S.C9H17BN2O2/c1-29(8-9-32-2)23-28-17-10-19(30-6-4-3-5-7-30)16(11-20(17)33-23)26-21(31)18-14-34-22(27-18)15-12-24-25-13-15;1-25(8-9-28-2)20-24-14-10-16(26-6-4-3-5-7-26)13(11-17(14)29-20)22-18(27)15-12-30-19(21)23-15;1-8(2)9(3,4)14-10(13-8)7(5-11)6-12/h10-14H,3-9H2,1-2H3,(H,24,25)(H,26,31);10-12H,3-9H2,1-2H3,(H,22,27);5-6,11H,12H2,1-4H3/b;;7-6+,11-5?. The van der Waals surface area contributed by atoms with Crippen LogP contribution >= 0.6 is 38.6 Å². The maximum absolute atomic E-state index is 13.1. The van der Waals surface area contributed by atoms with Crippen LogP contribution in [0, 0.1) is 5.41 Å². The van der Waals surface area contributed by atoms with E-state index < -0.39 is 7.12 Å². The van der Waals surface area contributed by atoms with Crippen molar-refractivity contribution >= 4 is 121 Å². The minimum Gasteiger partial charge on any atom is -0.423 e. The number of aromatic amines is 1. The summed E-state index contributed by atoms with van der Waals surface area (Å²) in [5, 5.41) is 24.2. The number of hydrogen-bond donors (Lipinski definition) is 5. The number of carbonyl (C=O) groups excluding carboxylic acids is 2. The van der Waals surface area contributed by atoms with Crippen LogP contribution in [0.2, 0.25) is 0 Å². The van der Waals surface area contributed by atoms with E-state index in [4.69, 9.17) is 38.8 Å². The number of fused-ring (bicyclic) bond motifs is 2. The number of ether oxygens (including phenoxy) is 2. The van der Waals surface area contributed by atoms with Gasteiger partial charge in [0.2, 0.25) is 0 Å². The summed E-state index contributed by atoms with van der Waals surface area (Å²) < 4.78 is 34.3. The number of nitrogens with two attached hydrogens (primary N) is 1. The summed E-state index contributed by atoms with van der Waals surface area (Å²) in [6.07, 6.45) is 12.9. The van der Waals surface area contributed by atoms with Crippen LogP contribution < -0.4 is 36.0 Å². The number of aromatic nitrogens is 6. The molecule has 3 saturated heterocycles. The second-order valence-electron chi connectivity index (χ2n) is 19.9. The minimum atomic E-state index is -0.525. The predicted molar refractivity (Wildman–Crippen MR) is 313 cm³/mol. The summed E-state index contributed by atoms with van der Waals surface area (Å²) in [6.45, 7) is 14.1. The van der Waals surface area contributed by atoms with E-state index >= 15 is 0 Å². The van der Waals surface area contributed by atoms with Crippen LogP contribution in [0.25, 0.3) is 32.8 Å². The van der Waals surface area contributed by atoms with Crippen molar-refractivity contribution in [3.05, 3.63) is 74.4 Å². The second-order valence-corrected chi connectivity index (χ2v) is 22.9. The lowest BCUT2D eigenvalue weighted by Crippen LogP contribution is -2.41. The zero-order valence-electron chi connectivity index (χ0n) is 45.3. The van der Waals surface area contributed by atoms with E-state index in [1.54, 1.807) is 37.4 Å². The Morgan fingerprint density at radius 2 is 1.27 bits per heavy atom. The van der Waals surface area contributed by atoms with E-state index in [-0.39, 0.29) is 23.0 Å². The molecule has 0 saturated carbocycles. The van der Waals surface area contributed by atoms with Crippen LogP contribution in [-0.4, -0.2) is 147 Å². The number of anilines is 6. The van der Waals surface area contributed by atoms with Gasteiger partial charge in [-0.3, -0.25) is 14.7 Å². The number of allylic oxidation sites excluding steroid dienone is 1. The number of carbonyl (C=O) groups is 2. The number of nitrogens with zero attached hydrogens (tertiary/aromatic N) is 9. The molecule has 0 spiro atoms. The SMILES string of the molecule is CC1(C)OB(/C(C=N)=C/N)OC1(C)C.COCCN(C)c1nc2cc(N3CCCCC3)c(NC(=O)c3csc(-c4cn[nH]c4)n3)cc2o1.COCCN(C)c1nc2cc(N3CCCCC3)c(NC(=O)c3csc(Br)n3)cc2o1. The highest BCUT2D eigenvalue weighted by Gasteiger charge is 2.52. The third-order valence-corrected chi connectivity index (χ3v) is 16.1. The number of thiazole rings is 2. The molecular weight excluding hydrogens is 1100 g/mol. The highest BCUT2D eigenvalue weighted by molar-refractivity contribution is 9.11. The number of benzene rings is 2. The van der Waals surface area contributed by atoms with Gasteiger partial charge < -0.3 is 69.0 Å². The number of nitrogens with one attached hydrogen (secondary N) is 4. The average Bonchev–Trinajstić information content (AvgIpc) is 4.34. The lowest BCUT2D eigenvalue weighted by molar-refractivity contribution is 0.00578. The number of halogens is 1. The third-order valence-electron chi connectivity index (χ3n) is 13.9. The Bertz CT molecular complexity index is 3150. The van der Waals surface area contributed by atoms with Crippen LogP contribution in [0.3, 0.4) is 0 Å². The van der Waals surface area contributed by atoms with Crippen molar-refractivity contribution < 1.29 is 37.2 Å². The number of rotatable bonds is 17. The molecule has 0 aliphatic carbocycles. The van der Waals surface area contributed by atoms with Gasteiger partial charge in [-0.1, -0.05) is 0 Å². The number of piperidine rings is 2. The molecule has 7 aromatic rings. The van der Waals surface area contributed by atoms with E-state index in [1.807, 2.05) is 75.9 Å². The topological polar surface area (TPSA) is 264 Å². The molecule has 26 heteroatoms. The largest absolute Gasteiger partial charge is 0.497 e. The maximum atomic E-state index is 13.1. The zero-order chi connectivity index (χ0) is 55.6. The molecule has 6 N–H and O–H groups in total. The van der Waals surface area contributed by atoms with E-state index in [2.05, 4.69) is 66.5 Å². The Labute approximate surface area is 470 Å². The molecular formula is C52H68BBrN14O8S2. The van der Waals surface area contributed by atoms with Crippen molar-refractivity contribution in [3.63, 3.8) is 0 Å². The molecule has 5 aromatic heterocycles. The van der Waals surface area contributed by atoms with Crippen LogP contribution in [0.4, 0.5) is 34.8 Å². The second kappa shape index (κ2) is 26.0. The molecule has 0 radical (unpaired) electrons. The smallest absolute Gasteiger partial charge is 0.423 e. The Hall–Kier alpha value is -6.42. The lowest BCUT2D eigenvalue weighted by atomic mass is 9.79. The molecule has 3 fully saturated rings. The summed E-state index contributed by atoms with van der Waals surface area (Å²) in [4.78, 5) is 52.3. The number of methoxy groups -OCH3 is 2. The fraction of sp³-hybridized carbons (Fsp3) is 0.462. The maximum Gasteiger partial charge on any atom is 0.497 e. The Morgan fingerprint density at radius 3 is 1.69 bits per heavy atom. The molecule has 22 nitrogen and oxygen atoms in total. The van der Waals surface area contributed by atoms with Crippen LogP contribution in [0.5, 0.6) is 0 Å². The van der Waals surface area contributed by atoms with Crippen molar-refractivity contribution in [1.82, 2.24) is 30.1 Å². The molecule has 416 valence electrons. The molecule has 8 heterocycles. The number of likely N-dealkylation sites (N-methyl/N-ethyl adjacent to an activating group) is 2. The van der Waals surface area contributed by atoms with E-state index in [1.165, 1.54) is 41.7 Å². The molecule has 0 unspecified atom stereocenters. The highest BCUT2D eigenvalue weighted by Crippen LogP contribution is 2.39. The molecule has 10 rings (SSSR count). The van der Waals surface area contributed by atoms with Crippen molar-refractivity contribution in [2.45, 2.75) is 77.4 Å². The molecule has 0 atom stereocenters. The molecule has 0 bridgehead atoms. The lowest BCUT2D eigenvalue weighted by Gasteiger charge is -2.32. The first kappa shape index (κ1) is 57.8. The summed E-state index contributed by atoms with van der Waals surface area (Å²) in [7, 11) is 6.64. The number of hydrogen-bond acceptors (Lipinski definition) is 21. The first-order valence-corrected chi connectivity index (χ1v) is 28.3. The van der Waals surface area contributed by atoms with Crippen molar-refractivity contribution in [2.75, 3.05) is 111 Å². The molecule has 3 aliphatic rings. The number of oxazole rings is 2. The minimum absolute atomic E-state index is 0.244. The fourth-order valence-corrected chi connectivity index (χ4v) is 10.4. The van der Waals surface area contributed by atoms with Crippen molar-refractivity contribution in [2.24, 2.45) is 5.73 Å². The van der Waals surface area contributed by atoms with Gasteiger partial charge in [0.05, 0.1) is 53.4 Å². The zero-order valence-corrected chi connectivity index (χ0v) is 48.5. The highest BCUT2D eigenvalue weighted by atomic mass is 79.9. The molecule has 78 heavy (non-hydrogen) atoms. The van der Waals surface area contributed by atoms with Gasteiger partial charge in [-0.25, -0.2) is 9.97 Å². The third kappa shape index (κ3) is 13.9. The first-order valence-electron chi connectivity index (χ1n) is 25.8. The van der Waals surface area contributed by atoms with E-state index in [0.29, 0.717) is 81.7 Å². The Morgan fingerprint density at radius 1 is 0.782 bits per heavy atom. The van der Waals surface area contributed by atoms with Gasteiger partial charge in [-0.2, -0.15) is 15.1 Å². The van der Waals surface area contributed by atoms with Gasteiger partial charge in [0.15, 0.2) is 15.1 Å². The Balaban J connectivity index is 0.000000167. The number of H-pyrrole nitrogens is 1. The van der Waals surface area contributed by atoms with Gasteiger partial charge >= 0.3 is 7.12 Å². The summed E-state index contributed by atoms with van der Waals surface area (Å²) >= 11 is 6.10. The quantitative estimate of drug-likeness (QED) is 0.0420. The fourth-order valence-electron chi connectivity index (χ4n) is 8.65. The van der Waals surface area contributed by atoms with Crippen molar-refractivity contribution in [3.8, 4) is 10.6 Å². The molecule has 2 aromatic carbocycles. The van der Waals surface area contributed by atoms with Gasteiger partial charge in [0, 0.05) is 114 Å². The van der Waals surface area contributed by atoms with Gasteiger partial charge in [-0.15, -0.1) is 22.7 Å². The average molecular weight is 1170 g/mol. The Kier molecular flexibility index (Phi) is 19.3. The predicted octanol–water partition coefficient (Wildman–Crippen LogP) is 9.48. The monoisotopic (exact) mass is 1170 g/mol. The molecule has 2 amide bonds. The summed E-state index contributed by atoms with van der Waals surface area (Å²) in [5.41, 5.74) is 12.8. The number of amides is 2. The summed E-state index contributed by atoms with van der Waals surface area (Å²) in [5.74, 6) is -0.507. The van der Waals surface area contributed by atoms with Crippen LogP contribution in [-0.2, 0) is 18.8 Å². The normalized spacial score (nSPS) is 16.1. The first-order chi connectivity index (χ1) is 37.5. The van der Waals surface area contributed by atoms with Gasteiger partial charge in [-0.05, 0) is 100 Å². The molecule has 3 aliphatic heterocycles.